The normalized spacial score (nSPS) is 18.3. The van der Waals surface area contributed by atoms with Crippen molar-refractivity contribution >= 4 is 23.1 Å². The highest BCUT2D eigenvalue weighted by Gasteiger charge is 2.22. The lowest BCUT2D eigenvalue weighted by atomic mass is 10.0. The molecule has 5 heteroatoms. The van der Waals surface area contributed by atoms with E-state index in [0.717, 1.165) is 40.6 Å². The lowest BCUT2D eigenvalue weighted by Gasteiger charge is -2.26. The van der Waals surface area contributed by atoms with Crippen LogP contribution in [0.2, 0.25) is 0 Å². The van der Waals surface area contributed by atoms with Crippen molar-refractivity contribution in [3.05, 3.63) is 46.2 Å². The number of fused-ring (bicyclic) bond motifs is 1. The minimum Gasteiger partial charge on any atom is -0.309 e. The van der Waals surface area contributed by atoms with Gasteiger partial charge in [-0.15, -0.1) is 23.1 Å². The number of benzene rings is 1. The first-order valence-corrected chi connectivity index (χ1v) is 8.24. The molecule has 0 bridgehead atoms. The molecular weight excluding hydrogens is 279 g/mol. The molecule has 0 saturated heterocycles. The molecule has 1 aromatic heterocycles. The number of thioether (sulfide) groups is 1. The van der Waals surface area contributed by atoms with Crippen LogP contribution in [0.1, 0.15) is 23.0 Å². The van der Waals surface area contributed by atoms with Crippen molar-refractivity contribution in [2.45, 2.75) is 23.8 Å². The Morgan fingerprint density at radius 1 is 1.42 bits per heavy atom. The van der Waals surface area contributed by atoms with Gasteiger partial charge in [-0.05, 0) is 23.8 Å². The van der Waals surface area contributed by atoms with Crippen LogP contribution in [0.25, 0.3) is 0 Å². The minimum absolute atomic E-state index is 0.0890. The zero-order valence-corrected chi connectivity index (χ0v) is 12.1. The topological polar surface area (TPSA) is 24.9 Å². The van der Waals surface area contributed by atoms with Gasteiger partial charge in [0.05, 0.1) is 5.01 Å². The van der Waals surface area contributed by atoms with Gasteiger partial charge < -0.3 is 5.32 Å². The van der Waals surface area contributed by atoms with E-state index < -0.39 is 0 Å². The van der Waals surface area contributed by atoms with Gasteiger partial charge in [-0.25, -0.2) is 9.37 Å². The lowest BCUT2D eigenvalue weighted by molar-refractivity contribution is 0.500. The second-order valence-electron chi connectivity index (χ2n) is 4.48. The number of halogens is 1. The Bertz CT molecular complexity index is 542. The number of rotatable bonds is 4. The average molecular weight is 294 g/mol. The van der Waals surface area contributed by atoms with Crippen molar-refractivity contribution in [1.29, 1.82) is 0 Å². The Balaban J connectivity index is 1.65. The number of aromatic nitrogens is 1. The quantitative estimate of drug-likeness (QED) is 0.931. The van der Waals surface area contributed by atoms with Crippen molar-refractivity contribution in [1.82, 2.24) is 10.3 Å². The van der Waals surface area contributed by atoms with Gasteiger partial charge in [0.1, 0.15) is 5.82 Å². The van der Waals surface area contributed by atoms with Crippen LogP contribution in [-0.4, -0.2) is 17.3 Å². The molecule has 1 aromatic carbocycles. The van der Waals surface area contributed by atoms with Crippen LogP contribution in [0, 0.1) is 5.82 Å². The summed E-state index contributed by atoms with van der Waals surface area (Å²) in [5.41, 5.74) is 1.11. The number of hydrogen-bond donors (Lipinski definition) is 1. The van der Waals surface area contributed by atoms with E-state index in [1.807, 2.05) is 17.6 Å². The van der Waals surface area contributed by atoms with Crippen molar-refractivity contribution in [3.63, 3.8) is 0 Å². The van der Waals surface area contributed by atoms with E-state index in [1.54, 1.807) is 35.2 Å². The summed E-state index contributed by atoms with van der Waals surface area (Å²) < 4.78 is 13.7. The predicted molar refractivity (Wildman–Crippen MR) is 78.3 cm³/mol. The zero-order valence-electron chi connectivity index (χ0n) is 10.4. The molecule has 2 nitrogen and oxygen atoms in total. The van der Waals surface area contributed by atoms with Gasteiger partial charge in [-0.3, -0.25) is 0 Å². The molecule has 0 saturated carbocycles. The third-order valence-corrected chi connectivity index (χ3v) is 5.24. The summed E-state index contributed by atoms with van der Waals surface area (Å²) in [5.74, 6) is 0.886. The van der Waals surface area contributed by atoms with Gasteiger partial charge in [0.2, 0.25) is 0 Å². The molecule has 0 spiro atoms. The molecular formula is C14H15FN2S2. The summed E-state index contributed by atoms with van der Waals surface area (Å²) in [5, 5.41) is 6.68. The molecule has 1 N–H and O–H groups in total. The summed E-state index contributed by atoms with van der Waals surface area (Å²) >= 11 is 3.31. The molecule has 1 unspecified atom stereocenters. The fourth-order valence-corrected chi connectivity index (χ4v) is 4.09. The molecule has 1 atom stereocenters. The Kier molecular flexibility index (Phi) is 4.15. The molecule has 19 heavy (non-hydrogen) atoms. The maximum absolute atomic E-state index is 13.7. The highest BCUT2D eigenvalue weighted by molar-refractivity contribution is 7.99. The number of nitrogens with one attached hydrogen (secondary N) is 1. The van der Waals surface area contributed by atoms with Gasteiger partial charge in [0, 0.05) is 35.5 Å². The average Bonchev–Trinajstić information content (AvgIpc) is 2.93. The third-order valence-electron chi connectivity index (χ3n) is 3.24. The first-order chi connectivity index (χ1) is 9.34. The molecule has 3 rings (SSSR count). The second-order valence-corrected chi connectivity index (χ2v) is 6.56. The van der Waals surface area contributed by atoms with E-state index in [0.29, 0.717) is 0 Å². The molecule has 100 valence electrons. The summed E-state index contributed by atoms with van der Waals surface area (Å²) in [7, 11) is 0. The monoisotopic (exact) mass is 294 g/mol. The van der Waals surface area contributed by atoms with Crippen LogP contribution in [0.15, 0.2) is 34.7 Å². The van der Waals surface area contributed by atoms with Crippen molar-refractivity contribution < 1.29 is 4.39 Å². The van der Waals surface area contributed by atoms with E-state index in [9.17, 15) is 4.39 Å². The standard InChI is InChI=1S/C14H15FN2S2/c15-11-3-1-2-10-12(5-8-19-14(10)11)16-6-4-13-17-7-9-18-13/h1-3,7,9,12,16H,4-6,8H2. The Morgan fingerprint density at radius 3 is 3.21 bits per heavy atom. The van der Waals surface area contributed by atoms with Crippen LogP contribution in [0.3, 0.4) is 0 Å². The third kappa shape index (κ3) is 2.99. The Morgan fingerprint density at radius 2 is 2.37 bits per heavy atom. The largest absolute Gasteiger partial charge is 0.309 e. The maximum atomic E-state index is 13.7. The van der Waals surface area contributed by atoms with E-state index >= 15 is 0 Å². The molecule has 1 aliphatic heterocycles. The Hall–Kier alpha value is -0.910. The highest BCUT2D eigenvalue weighted by atomic mass is 32.2. The van der Waals surface area contributed by atoms with Crippen molar-refractivity contribution in [3.8, 4) is 0 Å². The van der Waals surface area contributed by atoms with Crippen LogP contribution in [-0.2, 0) is 6.42 Å². The van der Waals surface area contributed by atoms with E-state index in [-0.39, 0.29) is 11.9 Å². The smallest absolute Gasteiger partial charge is 0.137 e. The first-order valence-electron chi connectivity index (χ1n) is 6.37. The van der Waals surface area contributed by atoms with Gasteiger partial charge >= 0.3 is 0 Å². The van der Waals surface area contributed by atoms with Gasteiger partial charge in [-0.1, -0.05) is 12.1 Å². The number of thiazole rings is 1. The summed E-state index contributed by atoms with van der Waals surface area (Å²) in [4.78, 5) is 5.09. The summed E-state index contributed by atoms with van der Waals surface area (Å²) in [6.07, 6.45) is 3.83. The van der Waals surface area contributed by atoms with Gasteiger partial charge in [-0.2, -0.15) is 0 Å². The molecule has 0 radical (unpaired) electrons. The number of hydrogen-bond acceptors (Lipinski definition) is 4. The van der Waals surface area contributed by atoms with Gasteiger partial charge in [0.15, 0.2) is 0 Å². The van der Waals surface area contributed by atoms with Crippen LogP contribution in [0.4, 0.5) is 4.39 Å². The molecule has 0 fully saturated rings. The summed E-state index contributed by atoms with van der Waals surface area (Å²) in [6.45, 7) is 0.888. The molecule has 2 aromatic rings. The lowest BCUT2D eigenvalue weighted by Crippen LogP contribution is -2.26. The highest BCUT2D eigenvalue weighted by Crippen LogP contribution is 2.37. The number of nitrogens with zero attached hydrogens (tertiary/aromatic N) is 1. The first kappa shape index (κ1) is 13.1. The van der Waals surface area contributed by atoms with Crippen LogP contribution in [0.5, 0.6) is 0 Å². The predicted octanol–water partition coefficient (Wildman–Crippen LogP) is 3.65. The Labute approximate surface area is 120 Å². The minimum atomic E-state index is -0.0890. The molecule has 0 amide bonds. The molecule has 0 aliphatic carbocycles. The summed E-state index contributed by atoms with van der Waals surface area (Å²) in [6, 6.07) is 5.65. The fraction of sp³-hybridized carbons (Fsp3) is 0.357. The van der Waals surface area contributed by atoms with Crippen LogP contribution < -0.4 is 5.32 Å². The van der Waals surface area contributed by atoms with Gasteiger partial charge in [0.25, 0.3) is 0 Å². The van der Waals surface area contributed by atoms with Crippen molar-refractivity contribution in [2.75, 3.05) is 12.3 Å². The van der Waals surface area contributed by atoms with Crippen LogP contribution >= 0.6 is 23.1 Å². The molecule has 1 aliphatic rings. The molecule has 2 heterocycles. The second kappa shape index (κ2) is 6.03. The fourth-order valence-electron chi connectivity index (χ4n) is 2.33. The van der Waals surface area contributed by atoms with E-state index in [1.165, 1.54) is 0 Å². The SMILES string of the molecule is Fc1cccc2c1SCCC2NCCc1nccs1. The van der Waals surface area contributed by atoms with E-state index in [2.05, 4.69) is 10.3 Å². The van der Waals surface area contributed by atoms with Crippen molar-refractivity contribution in [2.24, 2.45) is 0 Å². The van der Waals surface area contributed by atoms with E-state index in [4.69, 9.17) is 0 Å². The zero-order chi connectivity index (χ0) is 13.1. The maximum Gasteiger partial charge on any atom is 0.137 e.